The van der Waals surface area contributed by atoms with Crippen LogP contribution in [-0.2, 0) is 0 Å². The van der Waals surface area contributed by atoms with Crippen LogP contribution >= 0.6 is 27.5 Å². The fourth-order valence-corrected chi connectivity index (χ4v) is 3.57. The molecule has 114 valence electrons. The minimum atomic E-state index is -0.552. The van der Waals surface area contributed by atoms with Gasteiger partial charge in [0.05, 0.1) is 10.5 Å². The molecule has 1 aromatic rings. The third-order valence-corrected chi connectivity index (χ3v) is 5.09. The Labute approximate surface area is 136 Å². The normalized spacial score (nSPS) is 17.2. The molecule has 21 heavy (non-hydrogen) atoms. The highest BCUT2D eigenvalue weighted by Gasteiger charge is 2.33. The first-order valence-electron chi connectivity index (χ1n) is 6.79. The van der Waals surface area contributed by atoms with Gasteiger partial charge in [0.15, 0.2) is 0 Å². The first kappa shape index (κ1) is 16.2. The van der Waals surface area contributed by atoms with Crippen molar-refractivity contribution in [3.05, 3.63) is 38.9 Å². The highest BCUT2D eigenvalue weighted by Crippen LogP contribution is 2.30. The number of hydrogen-bond acceptors (Lipinski definition) is 3. The van der Waals surface area contributed by atoms with Crippen LogP contribution in [0.3, 0.4) is 0 Å². The topological polar surface area (TPSA) is 72.2 Å². The van der Waals surface area contributed by atoms with Crippen LogP contribution in [0.2, 0.25) is 5.02 Å². The van der Waals surface area contributed by atoms with Gasteiger partial charge in [-0.25, -0.2) is 0 Å². The summed E-state index contributed by atoms with van der Waals surface area (Å²) in [5, 5.41) is 14.7. The van der Waals surface area contributed by atoms with Gasteiger partial charge in [0, 0.05) is 28.0 Å². The molecule has 1 aliphatic carbocycles. The van der Waals surface area contributed by atoms with E-state index >= 15 is 0 Å². The van der Waals surface area contributed by atoms with Gasteiger partial charge in [-0.2, -0.15) is 0 Å². The van der Waals surface area contributed by atoms with Gasteiger partial charge in [-0.3, -0.25) is 14.9 Å². The first-order valence-corrected chi connectivity index (χ1v) is 8.29. The molecule has 0 saturated heterocycles. The molecule has 0 unspecified atom stereocenters. The fraction of sp³-hybridized carbons (Fsp3) is 0.500. The summed E-state index contributed by atoms with van der Waals surface area (Å²) in [5.74, 6) is -0.318. The van der Waals surface area contributed by atoms with Crippen molar-refractivity contribution in [2.24, 2.45) is 0 Å². The highest BCUT2D eigenvalue weighted by atomic mass is 79.9. The smallest absolute Gasteiger partial charge is 0.271 e. The fourth-order valence-electron chi connectivity index (χ4n) is 2.64. The molecule has 0 atom stereocenters. The SMILES string of the molecule is O=C(NC1(CBr)CCCCC1)c1cc(Cl)cc([N+](=O)[O-])c1. The van der Waals surface area contributed by atoms with Gasteiger partial charge in [-0.05, 0) is 18.9 Å². The second kappa shape index (κ2) is 6.75. The zero-order chi connectivity index (χ0) is 15.5. The van der Waals surface area contributed by atoms with Gasteiger partial charge in [0.25, 0.3) is 11.6 Å². The first-order chi connectivity index (χ1) is 9.96. The van der Waals surface area contributed by atoms with Crippen LogP contribution in [-0.4, -0.2) is 21.7 Å². The number of nitro benzene ring substituents is 1. The summed E-state index contributed by atoms with van der Waals surface area (Å²) in [4.78, 5) is 22.7. The number of nitrogens with zero attached hydrogens (tertiary/aromatic N) is 1. The van der Waals surface area contributed by atoms with E-state index in [0.717, 1.165) is 25.7 Å². The molecule has 0 spiro atoms. The Morgan fingerprint density at radius 3 is 2.57 bits per heavy atom. The Kier molecular flexibility index (Phi) is 5.22. The van der Waals surface area contributed by atoms with Crippen molar-refractivity contribution in [1.82, 2.24) is 5.32 Å². The van der Waals surface area contributed by atoms with Crippen molar-refractivity contribution < 1.29 is 9.72 Å². The van der Waals surface area contributed by atoms with Gasteiger partial charge >= 0.3 is 0 Å². The summed E-state index contributed by atoms with van der Waals surface area (Å²) in [7, 11) is 0. The highest BCUT2D eigenvalue weighted by molar-refractivity contribution is 9.09. The number of carbonyl (C=O) groups is 1. The predicted molar refractivity (Wildman–Crippen MR) is 85.2 cm³/mol. The summed E-state index contributed by atoms with van der Waals surface area (Å²) < 4.78 is 0. The van der Waals surface area contributed by atoms with Crippen LogP contribution in [0.15, 0.2) is 18.2 Å². The van der Waals surface area contributed by atoms with E-state index in [1.807, 2.05) is 0 Å². The van der Waals surface area contributed by atoms with E-state index in [4.69, 9.17) is 11.6 Å². The third kappa shape index (κ3) is 3.95. The number of carbonyl (C=O) groups excluding carboxylic acids is 1. The number of rotatable bonds is 4. The molecule has 0 aliphatic heterocycles. The number of amides is 1. The van der Waals surface area contributed by atoms with Gasteiger partial charge in [-0.1, -0.05) is 46.8 Å². The summed E-state index contributed by atoms with van der Waals surface area (Å²) in [5.41, 5.74) is -0.226. The molecule has 7 heteroatoms. The van der Waals surface area contributed by atoms with E-state index in [-0.39, 0.29) is 27.7 Å². The average molecular weight is 376 g/mol. The predicted octanol–water partition coefficient (Wildman–Crippen LogP) is 4.08. The molecular formula is C14H16BrClN2O3. The Bertz CT molecular complexity index is 559. The molecule has 1 aromatic carbocycles. The maximum absolute atomic E-state index is 12.4. The maximum Gasteiger partial charge on any atom is 0.271 e. The van der Waals surface area contributed by atoms with E-state index in [9.17, 15) is 14.9 Å². The van der Waals surface area contributed by atoms with E-state index in [0.29, 0.717) is 5.33 Å². The average Bonchev–Trinajstić information content (AvgIpc) is 2.47. The largest absolute Gasteiger partial charge is 0.346 e. The minimum Gasteiger partial charge on any atom is -0.346 e. The van der Waals surface area contributed by atoms with Crippen molar-refractivity contribution in [3.8, 4) is 0 Å². The number of halogens is 2. The Morgan fingerprint density at radius 1 is 1.33 bits per heavy atom. The minimum absolute atomic E-state index is 0.177. The van der Waals surface area contributed by atoms with Crippen LogP contribution in [0, 0.1) is 10.1 Å². The maximum atomic E-state index is 12.4. The molecule has 5 nitrogen and oxygen atoms in total. The molecule has 1 fully saturated rings. The quantitative estimate of drug-likeness (QED) is 0.490. The van der Waals surface area contributed by atoms with E-state index in [2.05, 4.69) is 21.2 Å². The summed E-state index contributed by atoms with van der Waals surface area (Å²) in [6.45, 7) is 0. The number of benzene rings is 1. The molecule has 1 amide bonds. The van der Waals surface area contributed by atoms with Crippen LogP contribution in [0.5, 0.6) is 0 Å². The lowest BCUT2D eigenvalue weighted by Crippen LogP contribution is -2.51. The van der Waals surface area contributed by atoms with Gasteiger partial charge in [0.1, 0.15) is 0 Å². The lowest BCUT2D eigenvalue weighted by atomic mass is 9.83. The molecule has 0 heterocycles. The Morgan fingerprint density at radius 2 is 2.00 bits per heavy atom. The zero-order valence-corrected chi connectivity index (χ0v) is 13.7. The van der Waals surface area contributed by atoms with Crippen molar-refractivity contribution in [3.63, 3.8) is 0 Å². The number of alkyl halides is 1. The monoisotopic (exact) mass is 374 g/mol. The van der Waals surface area contributed by atoms with Crippen molar-refractivity contribution in [2.75, 3.05) is 5.33 Å². The van der Waals surface area contributed by atoms with Gasteiger partial charge in [0.2, 0.25) is 0 Å². The summed E-state index contributed by atoms with van der Waals surface area (Å²) in [6.07, 6.45) is 5.13. The van der Waals surface area contributed by atoms with Crippen molar-refractivity contribution in [1.29, 1.82) is 0 Å². The summed E-state index contributed by atoms with van der Waals surface area (Å²) >= 11 is 9.33. The van der Waals surface area contributed by atoms with Crippen LogP contribution in [0.4, 0.5) is 5.69 Å². The van der Waals surface area contributed by atoms with Crippen molar-refractivity contribution >= 4 is 39.1 Å². The van der Waals surface area contributed by atoms with Crippen LogP contribution < -0.4 is 5.32 Å². The second-order valence-electron chi connectivity index (χ2n) is 5.38. The third-order valence-electron chi connectivity index (χ3n) is 3.80. The molecule has 1 aliphatic rings. The van der Waals surface area contributed by atoms with E-state index < -0.39 is 4.92 Å². The number of nitro groups is 1. The Balaban J connectivity index is 2.21. The number of hydrogen-bond donors (Lipinski definition) is 1. The standard InChI is InChI=1S/C14H16BrClN2O3/c15-9-14(4-2-1-3-5-14)17-13(19)10-6-11(16)8-12(7-10)18(20)21/h6-8H,1-5,9H2,(H,17,19). The molecule has 0 radical (unpaired) electrons. The lowest BCUT2D eigenvalue weighted by molar-refractivity contribution is -0.384. The molecule has 0 bridgehead atoms. The molecule has 1 N–H and O–H groups in total. The zero-order valence-electron chi connectivity index (χ0n) is 11.4. The second-order valence-corrected chi connectivity index (χ2v) is 6.38. The lowest BCUT2D eigenvalue weighted by Gasteiger charge is -2.36. The molecule has 1 saturated carbocycles. The molecule has 2 rings (SSSR count). The van der Waals surface area contributed by atoms with Crippen molar-refractivity contribution in [2.45, 2.75) is 37.6 Å². The number of nitrogens with one attached hydrogen (secondary N) is 1. The van der Waals surface area contributed by atoms with E-state index in [1.165, 1.54) is 24.6 Å². The molecule has 0 aromatic heterocycles. The van der Waals surface area contributed by atoms with Gasteiger partial charge in [-0.15, -0.1) is 0 Å². The number of non-ortho nitro benzene ring substituents is 1. The van der Waals surface area contributed by atoms with Crippen LogP contribution in [0.1, 0.15) is 42.5 Å². The Hall–Kier alpha value is -1.14. The van der Waals surface area contributed by atoms with E-state index in [1.54, 1.807) is 0 Å². The van der Waals surface area contributed by atoms with Gasteiger partial charge < -0.3 is 5.32 Å². The molecular weight excluding hydrogens is 360 g/mol. The summed E-state index contributed by atoms with van der Waals surface area (Å²) in [6, 6.07) is 3.94. The van der Waals surface area contributed by atoms with Crippen LogP contribution in [0.25, 0.3) is 0 Å².